The Morgan fingerprint density at radius 3 is 2.36 bits per heavy atom. The molecule has 0 radical (unpaired) electrons. The van der Waals surface area contributed by atoms with Crippen molar-refractivity contribution in [3.8, 4) is 0 Å². The molecule has 0 heterocycles. The van der Waals surface area contributed by atoms with Gasteiger partial charge in [0.25, 0.3) is 0 Å². The van der Waals surface area contributed by atoms with Gasteiger partial charge < -0.3 is 0 Å². The minimum Gasteiger partial charge on any atom is -0.0865 e. The molecule has 0 saturated heterocycles. The van der Waals surface area contributed by atoms with E-state index >= 15 is 0 Å². The van der Waals surface area contributed by atoms with Crippen LogP contribution >= 0.6 is 7.92 Å². The van der Waals surface area contributed by atoms with Crippen molar-refractivity contribution in [3.63, 3.8) is 0 Å². The summed E-state index contributed by atoms with van der Waals surface area (Å²) in [5.74, 6) is 0.926. The fourth-order valence-corrected chi connectivity index (χ4v) is 3.46. The Balaban J connectivity index is 2.50. The smallest absolute Gasteiger partial charge is 0.0227 e. The van der Waals surface area contributed by atoms with E-state index in [1.165, 1.54) is 44.9 Å². The molecule has 1 aliphatic rings. The van der Waals surface area contributed by atoms with Crippen molar-refractivity contribution < 1.29 is 0 Å². The molecule has 0 aromatic heterocycles. The van der Waals surface area contributed by atoms with E-state index in [1.54, 1.807) is 5.31 Å². The van der Waals surface area contributed by atoms with Crippen molar-refractivity contribution in [2.24, 2.45) is 5.92 Å². The molecule has 0 aromatic rings. The first-order chi connectivity index (χ1) is 6.74. The van der Waals surface area contributed by atoms with Crippen LogP contribution in [0.4, 0.5) is 0 Å². The van der Waals surface area contributed by atoms with E-state index < -0.39 is 0 Å². The van der Waals surface area contributed by atoms with Gasteiger partial charge in [0.1, 0.15) is 0 Å². The molecular weight excluding hydrogens is 187 g/mol. The lowest BCUT2D eigenvalue weighted by molar-refractivity contribution is 0.418. The van der Waals surface area contributed by atoms with Crippen LogP contribution in [0, 0.1) is 5.92 Å². The van der Waals surface area contributed by atoms with Gasteiger partial charge in [-0.15, -0.1) is 0 Å². The summed E-state index contributed by atoms with van der Waals surface area (Å²) in [6.07, 6.45) is 12.6. The van der Waals surface area contributed by atoms with E-state index in [0.29, 0.717) is 0 Å². The predicted octanol–water partition coefficient (Wildman–Crippen LogP) is 4.99. The predicted molar refractivity (Wildman–Crippen MR) is 68.3 cm³/mol. The van der Waals surface area contributed by atoms with E-state index in [4.69, 9.17) is 0 Å². The van der Waals surface area contributed by atoms with Crippen molar-refractivity contribution in [2.45, 2.75) is 51.9 Å². The van der Waals surface area contributed by atoms with Gasteiger partial charge in [-0.05, 0) is 38.5 Å². The van der Waals surface area contributed by atoms with Crippen molar-refractivity contribution >= 4 is 7.92 Å². The maximum absolute atomic E-state index is 2.63. The van der Waals surface area contributed by atoms with Crippen LogP contribution in [0.5, 0.6) is 0 Å². The molecule has 1 saturated carbocycles. The maximum atomic E-state index is 2.63. The molecular formula is C13H25P. The summed E-state index contributed by atoms with van der Waals surface area (Å²) in [6, 6.07) is 0. The normalized spacial score (nSPS) is 20.4. The molecule has 0 bridgehead atoms. The van der Waals surface area contributed by atoms with Gasteiger partial charge >= 0.3 is 0 Å². The van der Waals surface area contributed by atoms with Crippen molar-refractivity contribution in [1.82, 2.24) is 0 Å². The number of hydrogen-bond donors (Lipinski definition) is 0. The molecule has 1 aliphatic carbocycles. The molecule has 14 heavy (non-hydrogen) atoms. The van der Waals surface area contributed by atoms with Crippen LogP contribution in [0.25, 0.3) is 0 Å². The molecule has 1 fully saturated rings. The second-order valence-electron chi connectivity index (χ2n) is 4.70. The minimum atomic E-state index is 0.166. The van der Waals surface area contributed by atoms with Crippen molar-refractivity contribution in [3.05, 3.63) is 11.4 Å². The van der Waals surface area contributed by atoms with Gasteiger partial charge in [0.15, 0.2) is 0 Å². The Kier molecular flexibility index (Phi) is 5.78. The molecule has 0 amide bonds. The number of rotatable bonds is 4. The monoisotopic (exact) mass is 212 g/mol. The molecule has 0 N–H and O–H groups in total. The highest BCUT2D eigenvalue weighted by Crippen LogP contribution is 2.41. The Labute approximate surface area is 90.9 Å². The fraction of sp³-hybridized carbons (Fsp3) is 0.846. The molecule has 1 heteroatoms. The van der Waals surface area contributed by atoms with Gasteiger partial charge in [0.2, 0.25) is 0 Å². The lowest BCUT2D eigenvalue weighted by atomic mass is 9.89. The summed E-state index contributed by atoms with van der Waals surface area (Å²) < 4.78 is 0. The van der Waals surface area contributed by atoms with Crippen LogP contribution in [-0.2, 0) is 0 Å². The summed E-state index contributed by atoms with van der Waals surface area (Å²) in [5, 5.41) is 1.77. The Hall–Kier alpha value is 0.170. The lowest BCUT2D eigenvalue weighted by Gasteiger charge is -2.21. The minimum absolute atomic E-state index is 0.166. The molecule has 0 spiro atoms. The van der Waals surface area contributed by atoms with E-state index in [9.17, 15) is 0 Å². The zero-order valence-corrected chi connectivity index (χ0v) is 10.9. The fourth-order valence-electron chi connectivity index (χ4n) is 2.29. The van der Waals surface area contributed by atoms with Gasteiger partial charge in [-0.1, -0.05) is 51.9 Å². The summed E-state index contributed by atoms with van der Waals surface area (Å²) in [6.45, 7) is 7.10. The van der Waals surface area contributed by atoms with Gasteiger partial charge in [-0.25, -0.2) is 0 Å². The Morgan fingerprint density at radius 2 is 1.86 bits per heavy atom. The third-order valence-electron chi connectivity index (χ3n) is 3.16. The van der Waals surface area contributed by atoms with Crippen molar-refractivity contribution in [1.29, 1.82) is 0 Å². The van der Waals surface area contributed by atoms with Crippen LogP contribution in [-0.4, -0.2) is 13.3 Å². The third-order valence-corrected chi connectivity index (χ3v) is 4.68. The average molecular weight is 212 g/mol. The standard InChI is InChI=1S/C13H25P/c1-4-8-13(14(2)3)11-12-9-6-5-7-10-12/h11-12H,4-10H2,1-3H3/b13-11+. The Morgan fingerprint density at radius 1 is 1.21 bits per heavy atom. The van der Waals surface area contributed by atoms with E-state index in [2.05, 4.69) is 26.3 Å². The highest BCUT2D eigenvalue weighted by atomic mass is 31.1. The summed E-state index contributed by atoms with van der Waals surface area (Å²) in [4.78, 5) is 0. The molecule has 0 aliphatic heterocycles. The molecule has 0 unspecified atom stereocenters. The molecule has 1 rings (SSSR count). The summed E-state index contributed by atoms with van der Waals surface area (Å²) >= 11 is 0. The molecule has 82 valence electrons. The quantitative estimate of drug-likeness (QED) is 0.576. The largest absolute Gasteiger partial charge is 0.0865 e. The van der Waals surface area contributed by atoms with E-state index in [0.717, 1.165) is 5.92 Å². The molecule has 0 atom stereocenters. The second-order valence-corrected chi connectivity index (χ2v) is 7.06. The van der Waals surface area contributed by atoms with Gasteiger partial charge in [0.05, 0.1) is 0 Å². The van der Waals surface area contributed by atoms with Crippen LogP contribution < -0.4 is 0 Å². The van der Waals surface area contributed by atoms with Crippen LogP contribution in [0.15, 0.2) is 11.4 Å². The third kappa shape index (κ3) is 4.13. The van der Waals surface area contributed by atoms with Gasteiger partial charge in [-0.2, -0.15) is 0 Å². The zero-order chi connectivity index (χ0) is 10.4. The number of hydrogen-bond acceptors (Lipinski definition) is 0. The van der Waals surface area contributed by atoms with Crippen molar-refractivity contribution in [2.75, 3.05) is 13.3 Å². The van der Waals surface area contributed by atoms with Gasteiger partial charge in [-0.3, -0.25) is 0 Å². The second kappa shape index (κ2) is 6.62. The van der Waals surface area contributed by atoms with Gasteiger partial charge in [0, 0.05) is 0 Å². The highest BCUT2D eigenvalue weighted by molar-refractivity contribution is 7.60. The first-order valence-electron chi connectivity index (χ1n) is 6.12. The van der Waals surface area contributed by atoms with Crippen LogP contribution in [0.2, 0.25) is 0 Å². The van der Waals surface area contributed by atoms with Crippen LogP contribution in [0.3, 0.4) is 0 Å². The maximum Gasteiger partial charge on any atom is -0.0227 e. The van der Waals surface area contributed by atoms with Crippen LogP contribution in [0.1, 0.15) is 51.9 Å². The number of allylic oxidation sites excluding steroid dienone is 2. The SMILES string of the molecule is CCC/C(=C\C1CCCCC1)P(C)C. The first-order valence-corrected chi connectivity index (χ1v) is 8.35. The topological polar surface area (TPSA) is 0 Å². The zero-order valence-electron chi connectivity index (χ0n) is 10.1. The summed E-state index contributed by atoms with van der Waals surface area (Å²) in [7, 11) is 0.166. The highest BCUT2D eigenvalue weighted by Gasteiger charge is 2.12. The lowest BCUT2D eigenvalue weighted by Crippen LogP contribution is -2.03. The van der Waals surface area contributed by atoms with E-state index in [1.807, 2.05) is 0 Å². The summed E-state index contributed by atoms with van der Waals surface area (Å²) in [5.41, 5.74) is 0. The average Bonchev–Trinajstić information content (AvgIpc) is 2.18. The molecule has 0 nitrogen and oxygen atoms in total. The molecule has 0 aromatic carbocycles. The Bertz CT molecular complexity index is 176. The first kappa shape index (κ1) is 12.2. The van der Waals surface area contributed by atoms with E-state index in [-0.39, 0.29) is 7.92 Å².